The van der Waals surface area contributed by atoms with Crippen molar-refractivity contribution in [3.63, 3.8) is 0 Å². The Morgan fingerprint density at radius 2 is 1.76 bits per heavy atom. The lowest BCUT2D eigenvalue weighted by atomic mass is 10.0. The van der Waals surface area contributed by atoms with E-state index in [1.807, 2.05) is 25.9 Å². The van der Waals surface area contributed by atoms with Gasteiger partial charge in [0.1, 0.15) is 5.60 Å². The number of hydrogen-bond acceptors (Lipinski definition) is 7. The quantitative estimate of drug-likeness (QED) is 0.343. The molecule has 2 rings (SSSR count). The molecule has 0 aromatic carbocycles. The second kappa shape index (κ2) is 12.5. The van der Waals surface area contributed by atoms with Crippen LogP contribution in [-0.4, -0.2) is 77.1 Å². The van der Waals surface area contributed by atoms with Crippen LogP contribution in [0.25, 0.3) is 11.2 Å². The van der Waals surface area contributed by atoms with Crippen LogP contribution in [0.5, 0.6) is 0 Å². The fourth-order valence-corrected chi connectivity index (χ4v) is 2.85. The standard InChI is InChI=1S/C18H27N5O3.C4H4O4/c1-6-10-22-13-19-15-14(22)16(24)23(17(25)21(15)5)12-9-18(2,26)8-7-11-20(3)4;5-3(6)1-2-4(7)8/h13,26H,6,9-12H2,1-5H3;1-2H,(H,5,6)(H,7,8). The predicted molar refractivity (Wildman–Crippen MR) is 126 cm³/mol. The fraction of sp³-hybridized carbons (Fsp3) is 0.500. The van der Waals surface area contributed by atoms with Crippen LogP contribution < -0.4 is 11.2 Å². The van der Waals surface area contributed by atoms with E-state index in [1.165, 1.54) is 4.57 Å². The molecule has 0 saturated carbocycles. The maximum Gasteiger partial charge on any atom is 0.332 e. The van der Waals surface area contributed by atoms with Crippen LogP contribution in [-0.2, 0) is 29.7 Å². The highest BCUT2D eigenvalue weighted by atomic mass is 16.4. The number of nitrogens with zero attached hydrogens (tertiary/aromatic N) is 5. The first-order valence-electron chi connectivity index (χ1n) is 10.5. The van der Waals surface area contributed by atoms with E-state index in [2.05, 4.69) is 16.8 Å². The molecular weight excluding hydrogens is 446 g/mol. The van der Waals surface area contributed by atoms with Crippen LogP contribution in [0, 0.1) is 11.8 Å². The highest BCUT2D eigenvalue weighted by Gasteiger charge is 2.21. The lowest BCUT2D eigenvalue weighted by Gasteiger charge is -2.17. The van der Waals surface area contributed by atoms with Crippen molar-refractivity contribution in [2.75, 3.05) is 20.6 Å². The molecule has 2 heterocycles. The molecular formula is C22H31N5O7. The Morgan fingerprint density at radius 1 is 1.18 bits per heavy atom. The summed E-state index contributed by atoms with van der Waals surface area (Å²) in [6.07, 6.45) is 3.73. The molecule has 12 heteroatoms. The monoisotopic (exact) mass is 477 g/mol. The second-order valence-electron chi connectivity index (χ2n) is 7.98. The van der Waals surface area contributed by atoms with E-state index in [9.17, 15) is 24.3 Å². The number of carbonyl (C=O) groups is 2. The van der Waals surface area contributed by atoms with Crippen molar-refractivity contribution < 1.29 is 24.9 Å². The van der Waals surface area contributed by atoms with Gasteiger partial charge >= 0.3 is 17.6 Å². The number of aliphatic hydroxyl groups is 1. The highest BCUT2D eigenvalue weighted by molar-refractivity contribution is 5.89. The molecule has 0 radical (unpaired) electrons. The van der Waals surface area contributed by atoms with Crippen LogP contribution >= 0.6 is 0 Å². The van der Waals surface area contributed by atoms with E-state index in [0.717, 1.165) is 11.0 Å². The van der Waals surface area contributed by atoms with Gasteiger partial charge in [0.15, 0.2) is 11.2 Å². The Balaban J connectivity index is 0.000000620. The van der Waals surface area contributed by atoms with Gasteiger partial charge < -0.3 is 19.9 Å². The van der Waals surface area contributed by atoms with Gasteiger partial charge in [-0.3, -0.25) is 18.8 Å². The van der Waals surface area contributed by atoms with E-state index in [-0.39, 0.29) is 18.5 Å². The Hall–Kier alpha value is -3.69. The maximum absolute atomic E-state index is 12.8. The minimum atomic E-state index is -1.28. The smallest absolute Gasteiger partial charge is 0.332 e. The molecule has 1 unspecified atom stereocenters. The van der Waals surface area contributed by atoms with E-state index >= 15 is 0 Å². The highest BCUT2D eigenvalue weighted by Crippen LogP contribution is 2.10. The van der Waals surface area contributed by atoms with Crippen molar-refractivity contribution in [1.29, 1.82) is 0 Å². The maximum atomic E-state index is 12.8. The third-order valence-corrected chi connectivity index (χ3v) is 4.51. The molecule has 1 atom stereocenters. The van der Waals surface area contributed by atoms with Crippen LogP contribution in [0.4, 0.5) is 0 Å². The van der Waals surface area contributed by atoms with Gasteiger partial charge in [0.05, 0.1) is 12.9 Å². The number of rotatable bonds is 8. The van der Waals surface area contributed by atoms with Gasteiger partial charge in [-0.1, -0.05) is 18.8 Å². The van der Waals surface area contributed by atoms with Gasteiger partial charge in [-0.15, -0.1) is 0 Å². The van der Waals surface area contributed by atoms with E-state index in [0.29, 0.717) is 36.4 Å². The van der Waals surface area contributed by atoms with E-state index in [4.69, 9.17) is 10.2 Å². The molecule has 0 spiro atoms. The number of hydrogen-bond donors (Lipinski definition) is 3. The van der Waals surface area contributed by atoms with Crippen molar-refractivity contribution >= 4 is 23.1 Å². The van der Waals surface area contributed by atoms with Crippen molar-refractivity contribution in [2.45, 2.75) is 45.4 Å². The van der Waals surface area contributed by atoms with Crippen LogP contribution in [0.1, 0.15) is 26.7 Å². The Bertz CT molecular complexity index is 1210. The van der Waals surface area contributed by atoms with Crippen molar-refractivity contribution in [2.24, 2.45) is 7.05 Å². The zero-order valence-electron chi connectivity index (χ0n) is 20.0. The Kier molecular flexibility index (Phi) is 10.4. The van der Waals surface area contributed by atoms with Gasteiger partial charge in [-0.05, 0) is 27.4 Å². The first kappa shape index (κ1) is 28.3. The van der Waals surface area contributed by atoms with E-state index in [1.54, 1.807) is 24.9 Å². The number of aryl methyl sites for hydroxylation is 2. The average Bonchev–Trinajstić information content (AvgIpc) is 3.15. The molecule has 2 aromatic rings. The first-order chi connectivity index (χ1) is 15.8. The molecule has 0 bridgehead atoms. The molecule has 0 fully saturated rings. The van der Waals surface area contributed by atoms with Crippen LogP contribution in [0.2, 0.25) is 0 Å². The molecule has 0 aliphatic heterocycles. The van der Waals surface area contributed by atoms with Gasteiger partial charge in [-0.2, -0.15) is 0 Å². The molecule has 2 aromatic heterocycles. The van der Waals surface area contributed by atoms with Gasteiger partial charge in [0.2, 0.25) is 0 Å². The third kappa shape index (κ3) is 8.34. The molecule has 0 amide bonds. The summed E-state index contributed by atoms with van der Waals surface area (Å²) in [6, 6.07) is 0. The summed E-state index contributed by atoms with van der Waals surface area (Å²) >= 11 is 0. The summed E-state index contributed by atoms with van der Waals surface area (Å²) in [4.78, 5) is 50.6. The predicted octanol–water partition coefficient (Wildman–Crippen LogP) is -0.275. The minimum absolute atomic E-state index is 0.0857. The first-order valence-corrected chi connectivity index (χ1v) is 10.5. The summed E-state index contributed by atoms with van der Waals surface area (Å²) in [5.74, 6) is 3.18. The number of carboxylic acids is 2. The number of aromatic nitrogens is 4. The Labute approximate surface area is 196 Å². The summed E-state index contributed by atoms with van der Waals surface area (Å²) < 4.78 is 4.29. The zero-order chi connectivity index (χ0) is 26.1. The third-order valence-electron chi connectivity index (χ3n) is 4.51. The van der Waals surface area contributed by atoms with Crippen LogP contribution in [0.3, 0.4) is 0 Å². The van der Waals surface area contributed by atoms with Crippen molar-refractivity contribution in [1.82, 2.24) is 23.6 Å². The lowest BCUT2D eigenvalue weighted by Crippen LogP contribution is -2.41. The molecule has 12 nitrogen and oxygen atoms in total. The van der Waals surface area contributed by atoms with Crippen LogP contribution in [0.15, 0.2) is 28.1 Å². The summed E-state index contributed by atoms with van der Waals surface area (Å²) in [5, 5.41) is 26.0. The van der Waals surface area contributed by atoms with E-state index < -0.39 is 23.2 Å². The minimum Gasteiger partial charge on any atom is -0.478 e. The largest absolute Gasteiger partial charge is 0.478 e. The van der Waals surface area contributed by atoms with Gasteiger partial charge in [0, 0.05) is 38.7 Å². The molecule has 0 aliphatic rings. The Morgan fingerprint density at radius 3 is 2.26 bits per heavy atom. The zero-order valence-corrected chi connectivity index (χ0v) is 20.0. The number of fused-ring (bicyclic) bond motifs is 1. The van der Waals surface area contributed by atoms with Crippen molar-refractivity contribution in [3.8, 4) is 11.8 Å². The SMILES string of the molecule is CCCn1cnc2c1c(=O)n(CCC(C)(O)C#CCN(C)C)c(=O)n2C.O=C(O)C=CC(=O)O. The second-order valence-corrected chi connectivity index (χ2v) is 7.98. The summed E-state index contributed by atoms with van der Waals surface area (Å²) in [5.41, 5.74) is -1.32. The average molecular weight is 478 g/mol. The number of imidazole rings is 1. The molecule has 0 saturated heterocycles. The normalized spacial score (nSPS) is 12.7. The molecule has 0 aliphatic carbocycles. The summed E-state index contributed by atoms with van der Waals surface area (Å²) in [7, 11) is 5.38. The lowest BCUT2D eigenvalue weighted by molar-refractivity contribution is -0.134. The van der Waals surface area contributed by atoms with Gasteiger partial charge in [-0.25, -0.2) is 19.4 Å². The summed E-state index contributed by atoms with van der Waals surface area (Å²) in [6.45, 7) is 4.86. The molecule has 34 heavy (non-hydrogen) atoms. The molecule has 3 N–H and O–H groups in total. The van der Waals surface area contributed by atoms with Crippen molar-refractivity contribution in [3.05, 3.63) is 39.3 Å². The fourth-order valence-electron chi connectivity index (χ4n) is 2.85. The van der Waals surface area contributed by atoms with Gasteiger partial charge in [0.25, 0.3) is 5.56 Å². The number of aliphatic carboxylic acids is 2. The molecule has 186 valence electrons. The number of carboxylic acid groups (broad SMARTS) is 2. The topological polar surface area (TPSA) is 160 Å².